The maximum absolute atomic E-state index is 9.55. The number of aromatic hydroxyl groups is 1. The second-order valence-corrected chi connectivity index (χ2v) is 3.60. The van der Waals surface area contributed by atoms with Crippen molar-refractivity contribution >= 4 is 0 Å². The van der Waals surface area contributed by atoms with Gasteiger partial charge in [0.05, 0.1) is 0 Å². The summed E-state index contributed by atoms with van der Waals surface area (Å²) in [6.45, 7) is 2.08. The molecule has 1 saturated carbocycles. The molecule has 0 amide bonds. The van der Waals surface area contributed by atoms with Gasteiger partial charge in [0, 0.05) is 17.7 Å². The summed E-state index contributed by atoms with van der Waals surface area (Å²) in [5.74, 6) is 1.51. The Balaban J connectivity index is 2.21. The molecule has 1 aromatic rings. The molecule has 0 unspecified atom stereocenters. The molecule has 1 heterocycles. The molecule has 3 nitrogen and oxygen atoms in total. The number of aromatic nitrogens is 2. The van der Waals surface area contributed by atoms with Gasteiger partial charge in [-0.15, -0.1) is 0 Å². The summed E-state index contributed by atoms with van der Waals surface area (Å²) < 4.78 is 0. The highest BCUT2D eigenvalue weighted by molar-refractivity contribution is 5.24. The van der Waals surface area contributed by atoms with Crippen molar-refractivity contribution in [1.29, 1.82) is 0 Å². The SMILES string of the molecule is CCCc1cnc(C2CC2)nc1O. The van der Waals surface area contributed by atoms with Crippen LogP contribution in [0.3, 0.4) is 0 Å². The van der Waals surface area contributed by atoms with Crippen LogP contribution in [-0.4, -0.2) is 15.1 Å². The van der Waals surface area contributed by atoms with Crippen molar-refractivity contribution in [3.8, 4) is 5.88 Å². The monoisotopic (exact) mass is 178 g/mol. The Morgan fingerprint density at radius 2 is 2.31 bits per heavy atom. The van der Waals surface area contributed by atoms with E-state index < -0.39 is 0 Å². The maximum atomic E-state index is 9.55. The van der Waals surface area contributed by atoms with Crippen LogP contribution in [-0.2, 0) is 6.42 Å². The van der Waals surface area contributed by atoms with Crippen LogP contribution in [0.15, 0.2) is 6.20 Å². The van der Waals surface area contributed by atoms with Gasteiger partial charge in [0.2, 0.25) is 5.88 Å². The summed E-state index contributed by atoms with van der Waals surface area (Å²) in [6, 6.07) is 0. The minimum absolute atomic E-state index is 0.179. The zero-order valence-electron chi connectivity index (χ0n) is 7.82. The van der Waals surface area contributed by atoms with Crippen LogP contribution in [0.2, 0.25) is 0 Å². The van der Waals surface area contributed by atoms with Crippen LogP contribution < -0.4 is 0 Å². The van der Waals surface area contributed by atoms with Crippen LogP contribution in [0, 0.1) is 0 Å². The summed E-state index contributed by atoms with van der Waals surface area (Å²) >= 11 is 0. The highest BCUT2D eigenvalue weighted by Crippen LogP contribution is 2.38. The fraction of sp³-hybridized carbons (Fsp3) is 0.600. The van der Waals surface area contributed by atoms with Crippen molar-refractivity contribution in [1.82, 2.24) is 9.97 Å². The predicted molar refractivity (Wildman–Crippen MR) is 49.7 cm³/mol. The Hall–Kier alpha value is -1.12. The van der Waals surface area contributed by atoms with Gasteiger partial charge in [0.1, 0.15) is 5.82 Å². The minimum Gasteiger partial charge on any atom is -0.493 e. The fourth-order valence-corrected chi connectivity index (χ4v) is 1.39. The standard InChI is InChI=1S/C10H14N2O/c1-2-3-8-6-11-9(7-4-5-7)12-10(8)13/h6-7H,2-5H2,1H3,(H,11,12,13). The summed E-state index contributed by atoms with van der Waals surface area (Å²) in [7, 11) is 0. The lowest BCUT2D eigenvalue weighted by Crippen LogP contribution is -1.95. The van der Waals surface area contributed by atoms with E-state index >= 15 is 0 Å². The first-order valence-electron chi connectivity index (χ1n) is 4.86. The van der Waals surface area contributed by atoms with Gasteiger partial charge >= 0.3 is 0 Å². The van der Waals surface area contributed by atoms with Gasteiger partial charge in [-0.2, -0.15) is 4.98 Å². The van der Waals surface area contributed by atoms with E-state index in [1.54, 1.807) is 6.20 Å². The third-order valence-electron chi connectivity index (χ3n) is 2.32. The van der Waals surface area contributed by atoms with Crippen molar-refractivity contribution in [2.24, 2.45) is 0 Å². The summed E-state index contributed by atoms with van der Waals surface area (Å²) in [5, 5.41) is 9.55. The topological polar surface area (TPSA) is 46.0 Å². The second kappa shape index (κ2) is 3.32. The molecule has 0 radical (unpaired) electrons. The smallest absolute Gasteiger partial charge is 0.217 e. The molecule has 0 spiro atoms. The van der Waals surface area contributed by atoms with Gasteiger partial charge < -0.3 is 5.11 Å². The zero-order valence-corrected chi connectivity index (χ0v) is 7.82. The van der Waals surface area contributed by atoms with E-state index in [2.05, 4.69) is 16.9 Å². The van der Waals surface area contributed by atoms with Gasteiger partial charge in [-0.25, -0.2) is 4.98 Å². The molecule has 1 fully saturated rings. The largest absolute Gasteiger partial charge is 0.493 e. The van der Waals surface area contributed by atoms with E-state index in [9.17, 15) is 5.11 Å². The molecule has 0 atom stereocenters. The minimum atomic E-state index is 0.179. The lowest BCUT2D eigenvalue weighted by Gasteiger charge is -2.02. The fourth-order valence-electron chi connectivity index (χ4n) is 1.39. The van der Waals surface area contributed by atoms with Crippen molar-refractivity contribution in [3.63, 3.8) is 0 Å². The summed E-state index contributed by atoms with van der Waals surface area (Å²) in [4.78, 5) is 8.35. The maximum Gasteiger partial charge on any atom is 0.217 e. The molecular weight excluding hydrogens is 164 g/mol. The number of hydrogen-bond donors (Lipinski definition) is 1. The number of rotatable bonds is 3. The molecule has 0 bridgehead atoms. The first-order valence-corrected chi connectivity index (χ1v) is 4.86. The number of hydrogen-bond acceptors (Lipinski definition) is 3. The molecule has 0 aromatic carbocycles. The number of nitrogens with zero attached hydrogens (tertiary/aromatic N) is 2. The Morgan fingerprint density at radius 1 is 1.54 bits per heavy atom. The van der Waals surface area contributed by atoms with E-state index in [4.69, 9.17) is 0 Å². The Labute approximate surface area is 77.8 Å². The highest BCUT2D eigenvalue weighted by atomic mass is 16.3. The molecular formula is C10H14N2O. The van der Waals surface area contributed by atoms with E-state index in [0.717, 1.165) is 24.2 Å². The van der Waals surface area contributed by atoms with E-state index in [1.165, 1.54) is 12.8 Å². The van der Waals surface area contributed by atoms with Crippen molar-refractivity contribution in [3.05, 3.63) is 17.6 Å². The Bertz CT molecular complexity index is 308. The quantitative estimate of drug-likeness (QED) is 0.770. The van der Waals surface area contributed by atoms with Gasteiger partial charge in [0.15, 0.2) is 0 Å². The first kappa shape index (κ1) is 8.48. The second-order valence-electron chi connectivity index (χ2n) is 3.60. The number of aryl methyl sites for hydroxylation is 1. The third kappa shape index (κ3) is 1.79. The first-order chi connectivity index (χ1) is 6.31. The third-order valence-corrected chi connectivity index (χ3v) is 2.32. The van der Waals surface area contributed by atoms with Crippen LogP contribution in [0.5, 0.6) is 5.88 Å². The van der Waals surface area contributed by atoms with E-state index in [0.29, 0.717) is 5.92 Å². The molecule has 1 N–H and O–H groups in total. The molecule has 0 aliphatic heterocycles. The average molecular weight is 178 g/mol. The highest BCUT2D eigenvalue weighted by Gasteiger charge is 2.27. The van der Waals surface area contributed by atoms with E-state index in [-0.39, 0.29) is 5.88 Å². The normalized spacial score (nSPS) is 16.1. The van der Waals surface area contributed by atoms with Crippen LogP contribution in [0.1, 0.15) is 43.5 Å². The van der Waals surface area contributed by atoms with Gasteiger partial charge in [-0.1, -0.05) is 13.3 Å². The molecule has 1 aliphatic rings. The molecule has 1 aliphatic carbocycles. The Kier molecular flexibility index (Phi) is 2.17. The van der Waals surface area contributed by atoms with Crippen molar-refractivity contribution in [2.45, 2.75) is 38.5 Å². The van der Waals surface area contributed by atoms with Crippen LogP contribution >= 0.6 is 0 Å². The molecule has 13 heavy (non-hydrogen) atoms. The van der Waals surface area contributed by atoms with Gasteiger partial charge in [-0.3, -0.25) is 0 Å². The van der Waals surface area contributed by atoms with E-state index in [1.807, 2.05) is 0 Å². The molecule has 0 saturated heterocycles. The van der Waals surface area contributed by atoms with Crippen LogP contribution in [0.4, 0.5) is 0 Å². The molecule has 3 heteroatoms. The summed E-state index contributed by atoms with van der Waals surface area (Å²) in [6.07, 6.45) is 5.98. The lowest BCUT2D eigenvalue weighted by molar-refractivity contribution is 0.440. The zero-order chi connectivity index (χ0) is 9.26. The van der Waals surface area contributed by atoms with Gasteiger partial charge in [-0.05, 0) is 19.3 Å². The van der Waals surface area contributed by atoms with Gasteiger partial charge in [0.25, 0.3) is 0 Å². The van der Waals surface area contributed by atoms with Crippen molar-refractivity contribution < 1.29 is 5.11 Å². The lowest BCUT2D eigenvalue weighted by atomic mass is 10.2. The predicted octanol–water partition coefficient (Wildman–Crippen LogP) is 2.01. The van der Waals surface area contributed by atoms with Crippen molar-refractivity contribution in [2.75, 3.05) is 0 Å². The average Bonchev–Trinajstić information content (AvgIpc) is 2.91. The van der Waals surface area contributed by atoms with Crippen LogP contribution in [0.25, 0.3) is 0 Å². The Morgan fingerprint density at radius 3 is 2.85 bits per heavy atom. The molecule has 1 aromatic heterocycles. The summed E-state index contributed by atoms with van der Waals surface area (Å²) in [5.41, 5.74) is 0.868. The molecule has 2 rings (SSSR count). The molecule has 70 valence electrons.